The summed E-state index contributed by atoms with van der Waals surface area (Å²) in [5.41, 5.74) is 0. The van der Waals surface area contributed by atoms with E-state index in [1.165, 1.54) is 0 Å². The average Bonchev–Trinajstić information content (AvgIpc) is 2.57. The van der Waals surface area contributed by atoms with E-state index in [4.69, 9.17) is 4.74 Å². The van der Waals surface area contributed by atoms with E-state index in [9.17, 15) is 13.2 Å². The van der Waals surface area contributed by atoms with Crippen LogP contribution < -0.4 is 4.74 Å². The molecule has 1 nitrogen and oxygen atoms in total. The summed E-state index contributed by atoms with van der Waals surface area (Å²) in [5.74, 6) is -2.55. The van der Waals surface area contributed by atoms with Crippen molar-refractivity contribution in [3.05, 3.63) is 78.1 Å². The van der Waals surface area contributed by atoms with Crippen LogP contribution in [0.3, 0.4) is 0 Å². The summed E-state index contributed by atoms with van der Waals surface area (Å²) in [6.07, 6.45) is 0. The van der Waals surface area contributed by atoms with Gasteiger partial charge in [-0.15, -0.1) is 0 Å². The highest BCUT2D eigenvalue weighted by molar-refractivity contribution is 7.97. The smallest absolute Gasteiger partial charge is 0.209 e. The molecule has 0 unspecified atom stereocenters. The van der Waals surface area contributed by atoms with Crippen LogP contribution >= 0.6 is 0 Å². The highest BCUT2D eigenvalue weighted by atomic mass is 32.2. The van der Waals surface area contributed by atoms with Crippen molar-refractivity contribution < 1.29 is 17.9 Å². The number of benzene rings is 3. The molecule has 0 saturated heterocycles. The molecule has 4 rings (SSSR count). The normalized spacial score (nSPS) is 13.2. The van der Waals surface area contributed by atoms with Gasteiger partial charge in [-0.05, 0) is 24.3 Å². The molecule has 0 atom stereocenters. The zero-order chi connectivity index (χ0) is 16.0. The minimum absolute atomic E-state index is 0.379. The van der Waals surface area contributed by atoms with Gasteiger partial charge in [-0.3, -0.25) is 0 Å². The minimum Gasteiger partial charge on any atom is -0.447 e. The molecule has 0 fully saturated rings. The summed E-state index contributed by atoms with van der Waals surface area (Å²) >= 11 is 0. The fourth-order valence-electron chi connectivity index (χ4n) is 2.55. The van der Waals surface area contributed by atoms with E-state index in [1.807, 2.05) is 48.5 Å². The molecule has 114 valence electrons. The minimum atomic E-state index is -1.45. The van der Waals surface area contributed by atoms with E-state index in [1.54, 1.807) is 0 Å². The summed E-state index contributed by atoms with van der Waals surface area (Å²) in [4.78, 5) is 2.01. The second-order valence-corrected chi connectivity index (χ2v) is 6.97. The van der Waals surface area contributed by atoms with Crippen molar-refractivity contribution in [2.45, 2.75) is 14.7 Å². The van der Waals surface area contributed by atoms with Crippen molar-refractivity contribution in [2.24, 2.45) is 0 Å². The van der Waals surface area contributed by atoms with Crippen LogP contribution in [0.15, 0.2) is 75.4 Å². The summed E-state index contributed by atoms with van der Waals surface area (Å²) in [6.45, 7) is 0. The first-order valence-corrected chi connectivity index (χ1v) is 8.12. The number of halogens is 3. The van der Waals surface area contributed by atoms with Gasteiger partial charge in [0.25, 0.3) is 0 Å². The number of hydrogen-bond acceptors (Lipinski definition) is 1. The van der Waals surface area contributed by atoms with E-state index in [-0.39, 0.29) is 0 Å². The molecular formula is C18H10F3OS+. The summed E-state index contributed by atoms with van der Waals surface area (Å²) in [7, 11) is -0.758. The monoisotopic (exact) mass is 331 g/mol. The summed E-state index contributed by atoms with van der Waals surface area (Å²) < 4.78 is 46.6. The maximum absolute atomic E-state index is 13.7. The lowest BCUT2D eigenvalue weighted by Gasteiger charge is -2.19. The molecule has 0 aromatic heterocycles. The maximum Gasteiger partial charge on any atom is 0.209 e. The van der Waals surface area contributed by atoms with Gasteiger partial charge in [0, 0.05) is 12.1 Å². The predicted molar refractivity (Wildman–Crippen MR) is 81.4 cm³/mol. The lowest BCUT2D eigenvalue weighted by Crippen LogP contribution is -2.13. The average molecular weight is 331 g/mol. The molecule has 0 spiro atoms. The van der Waals surface area contributed by atoms with Crippen molar-refractivity contribution in [2.75, 3.05) is 0 Å². The molecule has 23 heavy (non-hydrogen) atoms. The van der Waals surface area contributed by atoms with Crippen molar-refractivity contribution >= 4 is 10.9 Å². The van der Waals surface area contributed by atoms with Gasteiger partial charge in [0.1, 0.15) is 10.9 Å². The first kappa shape index (κ1) is 14.2. The fourth-order valence-corrected chi connectivity index (χ4v) is 4.79. The molecule has 1 aliphatic heterocycles. The van der Waals surface area contributed by atoms with Crippen LogP contribution in [0.4, 0.5) is 13.2 Å². The zero-order valence-corrected chi connectivity index (χ0v) is 12.5. The van der Waals surface area contributed by atoms with Crippen molar-refractivity contribution in [3.63, 3.8) is 0 Å². The van der Waals surface area contributed by atoms with E-state index in [0.29, 0.717) is 16.4 Å². The highest BCUT2D eigenvalue weighted by Crippen LogP contribution is 2.46. The van der Waals surface area contributed by atoms with Crippen molar-refractivity contribution in [1.29, 1.82) is 0 Å². The second kappa shape index (κ2) is 5.35. The standard InChI is InChI=1S/C18H10F3OS/c19-12-9-11(10-13(20)18(12)21)23-16-7-3-1-5-14(16)22-15-6-2-4-8-17(15)23/h1-10H/q+1. The zero-order valence-electron chi connectivity index (χ0n) is 11.7. The number of rotatable bonds is 1. The Hall–Kier alpha value is -2.40. The van der Waals surface area contributed by atoms with Crippen LogP contribution in [0, 0.1) is 17.5 Å². The molecule has 0 N–H and O–H groups in total. The Labute approximate surface area is 133 Å². The Kier molecular flexibility index (Phi) is 3.31. The van der Waals surface area contributed by atoms with E-state index in [2.05, 4.69) is 0 Å². The van der Waals surface area contributed by atoms with Gasteiger partial charge in [0.05, 0.1) is 0 Å². The third kappa shape index (κ3) is 2.28. The number of hydrogen-bond donors (Lipinski definition) is 0. The first-order valence-electron chi connectivity index (χ1n) is 6.90. The fraction of sp³-hybridized carbons (Fsp3) is 0. The quantitative estimate of drug-likeness (QED) is 0.339. The Morgan fingerprint density at radius 2 is 1.17 bits per heavy atom. The molecule has 3 aromatic carbocycles. The largest absolute Gasteiger partial charge is 0.447 e. The molecular weight excluding hydrogens is 321 g/mol. The Morgan fingerprint density at radius 3 is 1.70 bits per heavy atom. The molecule has 1 heterocycles. The number of ether oxygens (including phenoxy) is 1. The first-order chi connectivity index (χ1) is 11.1. The Balaban J connectivity index is 1.98. The van der Waals surface area contributed by atoms with Gasteiger partial charge in [0.15, 0.2) is 33.8 Å². The molecule has 0 aliphatic carbocycles. The molecule has 0 bridgehead atoms. The van der Waals surface area contributed by atoms with Crippen LogP contribution in [0.25, 0.3) is 0 Å². The van der Waals surface area contributed by atoms with E-state index >= 15 is 0 Å². The van der Waals surface area contributed by atoms with Crippen LogP contribution in [0.5, 0.6) is 11.5 Å². The number of para-hydroxylation sites is 2. The van der Waals surface area contributed by atoms with Crippen LogP contribution in [-0.4, -0.2) is 0 Å². The Morgan fingerprint density at radius 1 is 0.696 bits per heavy atom. The topological polar surface area (TPSA) is 9.23 Å². The number of fused-ring (bicyclic) bond motifs is 2. The van der Waals surface area contributed by atoms with E-state index in [0.717, 1.165) is 21.9 Å². The molecule has 0 amide bonds. The molecule has 3 aromatic rings. The van der Waals surface area contributed by atoms with Crippen LogP contribution in [-0.2, 0) is 10.9 Å². The molecule has 0 radical (unpaired) electrons. The SMILES string of the molecule is Fc1cc([S+]2c3ccccc3Oc3ccccc32)cc(F)c1F. The van der Waals surface area contributed by atoms with Crippen molar-refractivity contribution in [3.8, 4) is 11.5 Å². The predicted octanol–water partition coefficient (Wildman–Crippen LogP) is 5.31. The highest BCUT2D eigenvalue weighted by Gasteiger charge is 2.40. The third-order valence-electron chi connectivity index (χ3n) is 3.55. The lowest BCUT2D eigenvalue weighted by molar-refractivity contribution is 0.442. The lowest BCUT2D eigenvalue weighted by atomic mass is 10.3. The molecule has 5 heteroatoms. The van der Waals surface area contributed by atoms with E-state index < -0.39 is 28.3 Å². The van der Waals surface area contributed by atoms with Crippen LogP contribution in [0.2, 0.25) is 0 Å². The van der Waals surface area contributed by atoms with Gasteiger partial charge in [-0.25, -0.2) is 13.2 Å². The molecule has 0 saturated carbocycles. The maximum atomic E-state index is 13.7. The van der Waals surface area contributed by atoms with Crippen molar-refractivity contribution in [1.82, 2.24) is 0 Å². The van der Waals surface area contributed by atoms with Gasteiger partial charge in [-0.2, -0.15) is 0 Å². The summed E-state index contributed by atoms with van der Waals surface area (Å²) in [5, 5.41) is 0. The molecule has 1 aliphatic rings. The second-order valence-electron chi connectivity index (χ2n) is 5.00. The summed E-state index contributed by atoms with van der Waals surface area (Å²) in [6, 6.07) is 16.8. The van der Waals surface area contributed by atoms with Gasteiger partial charge in [-0.1, -0.05) is 24.3 Å². The van der Waals surface area contributed by atoms with Gasteiger partial charge >= 0.3 is 0 Å². The Bertz CT molecular complexity index is 842. The van der Waals surface area contributed by atoms with Crippen LogP contribution in [0.1, 0.15) is 0 Å². The van der Waals surface area contributed by atoms with Gasteiger partial charge in [0.2, 0.25) is 9.79 Å². The van der Waals surface area contributed by atoms with Gasteiger partial charge < -0.3 is 4.74 Å². The third-order valence-corrected chi connectivity index (χ3v) is 5.81.